The fourth-order valence-electron chi connectivity index (χ4n) is 3.15. The molecule has 3 aromatic rings. The molecule has 1 aromatic carbocycles. The predicted octanol–water partition coefficient (Wildman–Crippen LogP) is 4.46. The summed E-state index contributed by atoms with van der Waals surface area (Å²) in [5, 5.41) is 2.68. The summed E-state index contributed by atoms with van der Waals surface area (Å²) < 4.78 is 12.7. The topological polar surface area (TPSA) is 89.5 Å². The standard InChI is InChI=1S/C22H23N5O3S/c1-2-12-27(31)22(28)26-19-11-10-17-21(25-19)24-18(14-23-17)15-6-8-16(9-7-15)30-20-5-3-4-13-29-20/h2,6-11,14,20,31H,1,3-5,12-13H2,(H,24,25,26,28). The number of benzene rings is 1. The van der Waals surface area contributed by atoms with Gasteiger partial charge in [-0.2, -0.15) is 0 Å². The Morgan fingerprint density at radius 1 is 1.26 bits per heavy atom. The third-order valence-electron chi connectivity index (χ3n) is 4.73. The van der Waals surface area contributed by atoms with Crippen molar-refractivity contribution in [2.75, 3.05) is 18.5 Å². The van der Waals surface area contributed by atoms with E-state index in [9.17, 15) is 4.79 Å². The molecule has 1 N–H and O–H groups in total. The highest BCUT2D eigenvalue weighted by molar-refractivity contribution is 7.78. The highest BCUT2D eigenvalue weighted by atomic mass is 32.1. The first kappa shape index (κ1) is 21.1. The highest BCUT2D eigenvalue weighted by Crippen LogP contribution is 2.24. The smallest absolute Gasteiger partial charge is 0.333 e. The molecule has 1 unspecified atom stereocenters. The first-order chi connectivity index (χ1) is 15.1. The molecule has 1 aliphatic rings. The van der Waals surface area contributed by atoms with Crippen LogP contribution < -0.4 is 10.1 Å². The molecule has 1 saturated heterocycles. The summed E-state index contributed by atoms with van der Waals surface area (Å²) in [5.41, 5.74) is 2.62. The van der Waals surface area contributed by atoms with Gasteiger partial charge < -0.3 is 9.47 Å². The van der Waals surface area contributed by atoms with Crippen molar-refractivity contribution in [3.05, 3.63) is 55.3 Å². The largest absolute Gasteiger partial charge is 0.465 e. The van der Waals surface area contributed by atoms with Crippen molar-refractivity contribution < 1.29 is 14.3 Å². The zero-order valence-corrected chi connectivity index (χ0v) is 17.8. The molecule has 8 nitrogen and oxygen atoms in total. The van der Waals surface area contributed by atoms with Crippen molar-refractivity contribution in [2.24, 2.45) is 0 Å². The maximum absolute atomic E-state index is 12.1. The normalized spacial score (nSPS) is 16.0. The molecule has 3 heterocycles. The fourth-order valence-corrected chi connectivity index (χ4v) is 3.31. The Bertz CT molecular complexity index is 1070. The van der Waals surface area contributed by atoms with E-state index >= 15 is 0 Å². The second-order valence-corrected chi connectivity index (χ2v) is 7.52. The Balaban J connectivity index is 1.49. The summed E-state index contributed by atoms with van der Waals surface area (Å²) in [6.45, 7) is 4.63. The molecule has 1 fully saturated rings. The molecule has 1 atom stereocenters. The lowest BCUT2D eigenvalue weighted by Crippen LogP contribution is -2.27. The van der Waals surface area contributed by atoms with Crippen LogP contribution in [0, 0.1) is 0 Å². The number of hydrogen-bond acceptors (Lipinski definition) is 7. The first-order valence-corrected chi connectivity index (χ1v) is 10.4. The number of aromatic nitrogens is 3. The van der Waals surface area contributed by atoms with E-state index in [0.717, 1.165) is 37.2 Å². The van der Waals surface area contributed by atoms with Gasteiger partial charge in [-0.25, -0.2) is 14.8 Å². The number of ether oxygens (including phenoxy) is 2. The minimum Gasteiger partial charge on any atom is -0.465 e. The second-order valence-electron chi connectivity index (χ2n) is 7.03. The number of carbonyl (C=O) groups is 1. The van der Waals surface area contributed by atoms with Gasteiger partial charge >= 0.3 is 6.03 Å². The van der Waals surface area contributed by atoms with E-state index in [1.165, 1.54) is 4.31 Å². The third kappa shape index (κ3) is 5.31. The van der Waals surface area contributed by atoms with Crippen molar-refractivity contribution in [3.8, 4) is 17.0 Å². The number of rotatable bonds is 6. The average Bonchev–Trinajstić information content (AvgIpc) is 2.80. The fraction of sp³-hybridized carbons (Fsp3) is 0.273. The molecule has 160 valence electrons. The number of nitrogens with zero attached hydrogens (tertiary/aromatic N) is 4. The summed E-state index contributed by atoms with van der Waals surface area (Å²) in [5.74, 6) is 1.12. The molecule has 0 aliphatic carbocycles. The van der Waals surface area contributed by atoms with Crippen molar-refractivity contribution >= 4 is 35.8 Å². The van der Waals surface area contributed by atoms with E-state index in [1.54, 1.807) is 24.4 Å². The summed E-state index contributed by atoms with van der Waals surface area (Å²) in [6.07, 6.45) is 6.20. The van der Waals surface area contributed by atoms with Crippen LogP contribution in [0.3, 0.4) is 0 Å². The Labute approximate surface area is 185 Å². The van der Waals surface area contributed by atoms with Gasteiger partial charge in [-0.1, -0.05) is 18.9 Å². The molecule has 4 rings (SSSR count). The van der Waals surface area contributed by atoms with Crippen LogP contribution in [0.25, 0.3) is 22.4 Å². The Morgan fingerprint density at radius 2 is 2.10 bits per heavy atom. The van der Waals surface area contributed by atoms with Gasteiger partial charge in [0, 0.05) is 12.0 Å². The van der Waals surface area contributed by atoms with Crippen LogP contribution in [-0.2, 0) is 4.74 Å². The van der Waals surface area contributed by atoms with E-state index in [1.807, 2.05) is 24.3 Å². The SMILES string of the molecule is C=CCN(S)C(=O)Nc1ccc2ncc(-c3ccc(OC4CCCCO4)cc3)nc2n1. The lowest BCUT2D eigenvalue weighted by atomic mass is 10.1. The maximum Gasteiger partial charge on any atom is 0.333 e. The minimum atomic E-state index is -0.406. The molecule has 1 aliphatic heterocycles. The summed E-state index contributed by atoms with van der Waals surface area (Å²) >= 11 is 4.10. The van der Waals surface area contributed by atoms with Gasteiger partial charge in [0.2, 0.25) is 0 Å². The lowest BCUT2D eigenvalue weighted by Gasteiger charge is -2.23. The van der Waals surface area contributed by atoms with Gasteiger partial charge in [0.25, 0.3) is 0 Å². The van der Waals surface area contributed by atoms with Crippen LogP contribution in [-0.4, -0.2) is 44.7 Å². The zero-order valence-electron chi connectivity index (χ0n) is 16.9. The number of fused-ring (bicyclic) bond motifs is 1. The number of urea groups is 1. The van der Waals surface area contributed by atoms with Gasteiger partial charge in [0.05, 0.1) is 25.0 Å². The van der Waals surface area contributed by atoms with E-state index in [0.29, 0.717) is 29.2 Å². The molecule has 9 heteroatoms. The van der Waals surface area contributed by atoms with Gasteiger partial charge in [-0.15, -0.1) is 6.58 Å². The monoisotopic (exact) mass is 437 g/mol. The van der Waals surface area contributed by atoms with Gasteiger partial charge in [-0.05, 0) is 49.2 Å². The Morgan fingerprint density at radius 3 is 2.84 bits per heavy atom. The molecule has 0 bridgehead atoms. The first-order valence-electron chi connectivity index (χ1n) is 10.0. The molecule has 31 heavy (non-hydrogen) atoms. The van der Waals surface area contributed by atoms with Gasteiger partial charge in [0.15, 0.2) is 11.9 Å². The van der Waals surface area contributed by atoms with E-state index in [2.05, 4.69) is 39.7 Å². The highest BCUT2D eigenvalue weighted by Gasteiger charge is 2.15. The van der Waals surface area contributed by atoms with E-state index in [4.69, 9.17) is 9.47 Å². The third-order valence-corrected chi connectivity index (χ3v) is 5.08. The van der Waals surface area contributed by atoms with Crippen LogP contribution in [0.5, 0.6) is 5.75 Å². The molecule has 2 aromatic heterocycles. The lowest BCUT2D eigenvalue weighted by molar-refractivity contribution is -0.105. The van der Waals surface area contributed by atoms with E-state index < -0.39 is 6.03 Å². The molecular formula is C22H23N5O3S. The summed E-state index contributed by atoms with van der Waals surface area (Å²) in [4.78, 5) is 25.5. The van der Waals surface area contributed by atoms with Crippen LogP contribution in [0.4, 0.5) is 10.6 Å². The second kappa shape index (κ2) is 9.76. The quantitative estimate of drug-likeness (QED) is 0.437. The van der Waals surface area contributed by atoms with Gasteiger partial charge in [0.1, 0.15) is 17.1 Å². The van der Waals surface area contributed by atoms with Gasteiger partial charge in [-0.3, -0.25) is 14.6 Å². The molecule has 0 spiro atoms. The average molecular weight is 438 g/mol. The Hall–Kier alpha value is -3.17. The number of pyridine rings is 1. The summed E-state index contributed by atoms with van der Waals surface area (Å²) in [7, 11) is 0. The molecule has 0 saturated carbocycles. The van der Waals surface area contributed by atoms with Crippen LogP contribution >= 0.6 is 12.8 Å². The number of hydrogen-bond donors (Lipinski definition) is 2. The zero-order chi connectivity index (χ0) is 21.6. The van der Waals surface area contributed by atoms with Crippen LogP contribution in [0.1, 0.15) is 19.3 Å². The number of nitrogens with one attached hydrogen (secondary N) is 1. The Kier molecular flexibility index (Phi) is 6.63. The summed E-state index contributed by atoms with van der Waals surface area (Å²) in [6, 6.07) is 10.7. The van der Waals surface area contributed by atoms with Crippen LogP contribution in [0.15, 0.2) is 55.3 Å². The predicted molar refractivity (Wildman–Crippen MR) is 122 cm³/mol. The molecular weight excluding hydrogens is 414 g/mol. The number of amides is 2. The van der Waals surface area contributed by atoms with Crippen molar-refractivity contribution in [2.45, 2.75) is 25.6 Å². The van der Waals surface area contributed by atoms with Crippen molar-refractivity contribution in [1.82, 2.24) is 19.3 Å². The van der Waals surface area contributed by atoms with E-state index in [-0.39, 0.29) is 6.29 Å². The number of thiol groups is 1. The number of carbonyl (C=O) groups excluding carboxylic acids is 1. The van der Waals surface area contributed by atoms with Crippen molar-refractivity contribution in [3.63, 3.8) is 0 Å². The minimum absolute atomic E-state index is 0.183. The van der Waals surface area contributed by atoms with Crippen molar-refractivity contribution in [1.29, 1.82) is 0 Å². The number of anilines is 1. The molecule has 0 radical (unpaired) electrons. The van der Waals surface area contributed by atoms with Crippen LogP contribution in [0.2, 0.25) is 0 Å². The maximum atomic E-state index is 12.1. The molecule has 2 amide bonds.